The third kappa shape index (κ3) is 4.76. The lowest BCUT2D eigenvalue weighted by molar-refractivity contribution is -0.137. The number of aromatic nitrogens is 3. The normalized spacial score (nSPS) is 23.0. The fourth-order valence-corrected chi connectivity index (χ4v) is 5.29. The van der Waals surface area contributed by atoms with Crippen LogP contribution in [-0.2, 0) is 12.7 Å². The number of hydrogen-bond donors (Lipinski definition) is 1. The summed E-state index contributed by atoms with van der Waals surface area (Å²) in [7, 11) is 0. The summed E-state index contributed by atoms with van der Waals surface area (Å²) < 4.78 is 41.1. The Bertz CT molecular complexity index is 1030. The molecule has 0 spiro atoms. The molecule has 1 aromatic heterocycles. The van der Waals surface area contributed by atoms with E-state index < -0.39 is 22.8 Å². The number of rotatable bonds is 4. The van der Waals surface area contributed by atoms with Crippen molar-refractivity contribution < 1.29 is 18.3 Å². The van der Waals surface area contributed by atoms with E-state index >= 15 is 0 Å². The molecule has 8 heteroatoms. The maximum atomic E-state index is 13.1. The topological polar surface area (TPSA) is 50.9 Å². The minimum absolute atomic E-state index is 0.0650. The van der Waals surface area contributed by atoms with Crippen LogP contribution in [0.1, 0.15) is 71.1 Å². The molecule has 1 aliphatic carbocycles. The summed E-state index contributed by atoms with van der Waals surface area (Å²) in [6.07, 6.45) is -1.44. The highest BCUT2D eigenvalue weighted by Gasteiger charge is 2.52. The van der Waals surface area contributed by atoms with Crippen LogP contribution in [0.2, 0.25) is 0 Å². The van der Waals surface area contributed by atoms with Gasteiger partial charge in [0.05, 0.1) is 12.1 Å². The average molecular weight is 468 g/mol. The van der Waals surface area contributed by atoms with E-state index in [0.29, 0.717) is 12.0 Å². The van der Waals surface area contributed by atoms with Gasteiger partial charge >= 0.3 is 6.18 Å². The number of thioether (sulfide) groups is 1. The average Bonchev–Trinajstić information content (AvgIpc) is 3.14. The second-order valence-electron chi connectivity index (χ2n) is 10.3. The number of allylic oxidation sites excluding steroid dienone is 1. The van der Waals surface area contributed by atoms with Gasteiger partial charge in [0, 0.05) is 4.75 Å². The fourth-order valence-electron chi connectivity index (χ4n) is 4.42. The summed E-state index contributed by atoms with van der Waals surface area (Å²) >= 11 is 1.58. The van der Waals surface area contributed by atoms with Gasteiger partial charge in [0.15, 0.2) is 5.16 Å². The van der Waals surface area contributed by atoms with Gasteiger partial charge in [0.25, 0.3) is 0 Å². The van der Waals surface area contributed by atoms with Crippen molar-refractivity contribution in [3.05, 3.63) is 46.8 Å². The molecule has 1 heterocycles. The van der Waals surface area contributed by atoms with Crippen molar-refractivity contribution in [2.75, 3.05) is 0 Å². The number of hydrogen-bond acceptors (Lipinski definition) is 4. The lowest BCUT2D eigenvalue weighted by Crippen LogP contribution is -2.45. The molecule has 1 fully saturated rings. The van der Waals surface area contributed by atoms with Crippen LogP contribution >= 0.6 is 11.8 Å². The molecule has 1 atom stereocenters. The standard InChI is InChI=1S/C24H32F3N3OS/c1-15-12-17(24(25,26)27)8-9-18(15)16(2)19-10-11-22(6,7)23(19,31)13-30-20(28-14-29-30)32-21(3,4)5/h8-9,12,14,31H,10-11,13H2,1-7H3/b19-16+. The highest BCUT2D eigenvalue weighted by molar-refractivity contribution is 8.00. The molecule has 0 bridgehead atoms. The molecule has 0 amide bonds. The van der Waals surface area contributed by atoms with Gasteiger partial charge in [-0.3, -0.25) is 0 Å². The number of aliphatic hydroxyl groups is 1. The fraction of sp³-hybridized carbons (Fsp3) is 0.583. The molecule has 1 unspecified atom stereocenters. The van der Waals surface area contributed by atoms with Crippen molar-refractivity contribution in [3.63, 3.8) is 0 Å². The number of nitrogens with zero attached hydrogens (tertiary/aromatic N) is 3. The maximum absolute atomic E-state index is 13.1. The summed E-state index contributed by atoms with van der Waals surface area (Å²) in [5.41, 5.74) is 0.659. The molecule has 1 saturated carbocycles. The minimum Gasteiger partial charge on any atom is -0.383 e. The van der Waals surface area contributed by atoms with Gasteiger partial charge in [-0.2, -0.15) is 18.3 Å². The predicted octanol–water partition coefficient (Wildman–Crippen LogP) is 6.52. The molecule has 3 rings (SSSR count). The van der Waals surface area contributed by atoms with Crippen molar-refractivity contribution in [1.82, 2.24) is 14.8 Å². The molecule has 0 saturated heterocycles. The van der Waals surface area contributed by atoms with Crippen LogP contribution in [0.15, 0.2) is 35.3 Å². The zero-order valence-corrected chi connectivity index (χ0v) is 20.6. The summed E-state index contributed by atoms with van der Waals surface area (Å²) in [4.78, 5) is 4.38. The van der Waals surface area contributed by atoms with Crippen LogP contribution in [0.3, 0.4) is 0 Å². The van der Waals surface area contributed by atoms with E-state index in [2.05, 4.69) is 30.9 Å². The first-order valence-electron chi connectivity index (χ1n) is 10.7. The van der Waals surface area contributed by atoms with Crippen molar-refractivity contribution in [2.45, 2.75) is 89.5 Å². The maximum Gasteiger partial charge on any atom is 0.416 e. The van der Waals surface area contributed by atoms with Crippen molar-refractivity contribution in [2.24, 2.45) is 5.41 Å². The van der Waals surface area contributed by atoms with Crippen LogP contribution in [0.5, 0.6) is 0 Å². The summed E-state index contributed by atoms with van der Waals surface area (Å²) in [6, 6.07) is 3.80. The molecule has 4 nitrogen and oxygen atoms in total. The minimum atomic E-state index is -4.38. The SMILES string of the molecule is C/C(=C1/CCC(C)(C)C1(O)Cn1ncnc1SC(C)(C)C)c1ccc(C(F)(F)F)cc1C. The molecular weight excluding hydrogens is 435 g/mol. The van der Waals surface area contributed by atoms with Crippen molar-refractivity contribution >= 4 is 17.3 Å². The number of halogens is 3. The number of aryl methyl sites for hydroxylation is 1. The summed E-state index contributed by atoms with van der Waals surface area (Å²) in [5.74, 6) is 0. The Morgan fingerprint density at radius 1 is 1.22 bits per heavy atom. The largest absolute Gasteiger partial charge is 0.416 e. The summed E-state index contributed by atoms with van der Waals surface area (Å²) in [5, 5.41) is 17.2. The lowest BCUT2D eigenvalue weighted by atomic mass is 9.74. The van der Waals surface area contributed by atoms with Gasteiger partial charge in [-0.1, -0.05) is 52.4 Å². The van der Waals surface area contributed by atoms with E-state index in [0.717, 1.165) is 34.4 Å². The third-order valence-corrected chi connectivity index (χ3v) is 7.50. The monoisotopic (exact) mass is 467 g/mol. The zero-order valence-electron chi connectivity index (χ0n) is 19.8. The van der Waals surface area contributed by atoms with Gasteiger partial charge < -0.3 is 5.11 Å². The predicted molar refractivity (Wildman–Crippen MR) is 122 cm³/mol. The molecule has 1 aromatic carbocycles. The van der Waals surface area contributed by atoms with Crippen molar-refractivity contribution in [1.29, 1.82) is 0 Å². The van der Waals surface area contributed by atoms with Gasteiger partial charge in [-0.25, -0.2) is 9.67 Å². The Labute approximate surface area is 192 Å². The third-order valence-electron chi connectivity index (χ3n) is 6.39. The molecule has 1 aliphatic rings. The molecular formula is C24H32F3N3OS. The van der Waals surface area contributed by atoms with E-state index in [9.17, 15) is 18.3 Å². The smallest absolute Gasteiger partial charge is 0.383 e. The Morgan fingerprint density at radius 2 is 1.88 bits per heavy atom. The van der Waals surface area contributed by atoms with E-state index in [-0.39, 0.29) is 11.3 Å². The second kappa shape index (κ2) is 8.20. The number of benzene rings is 1. The van der Waals surface area contributed by atoms with Crippen LogP contribution in [-0.4, -0.2) is 30.2 Å². The van der Waals surface area contributed by atoms with Crippen LogP contribution < -0.4 is 0 Å². The Morgan fingerprint density at radius 3 is 2.44 bits per heavy atom. The van der Waals surface area contributed by atoms with Crippen molar-refractivity contribution in [3.8, 4) is 0 Å². The molecule has 32 heavy (non-hydrogen) atoms. The van der Waals surface area contributed by atoms with E-state index in [4.69, 9.17) is 0 Å². The Hall–Kier alpha value is -1.80. The molecule has 176 valence electrons. The van der Waals surface area contributed by atoms with Gasteiger partial charge in [-0.05, 0) is 66.5 Å². The van der Waals surface area contributed by atoms with Gasteiger partial charge in [0.1, 0.15) is 11.9 Å². The van der Waals surface area contributed by atoms with Crippen LogP contribution in [0.4, 0.5) is 13.2 Å². The van der Waals surface area contributed by atoms with E-state index in [1.54, 1.807) is 23.4 Å². The lowest BCUT2D eigenvalue weighted by Gasteiger charge is -2.39. The first kappa shape index (κ1) is 24.8. The summed E-state index contributed by atoms with van der Waals surface area (Å²) in [6.45, 7) is 14.1. The molecule has 0 aliphatic heterocycles. The Kier molecular flexibility index (Phi) is 6.37. The molecule has 2 aromatic rings. The van der Waals surface area contributed by atoms with Crippen LogP contribution in [0, 0.1) is 12.3 Å². The van der Waals surface area contributed by atoms with E-state index in [1.165, 1.54) is 18.5 Å². The molecule has 0 radical (unpaired) electrons. The highest BCUT2D eigenvalue weighted by Crippen LogP contribution is 2.53. The molecule has 1 N–H and O–H groups in total. The van der Waals surface area contributed by atoms with Crippen LogP contribution in [0.25, 0.3) is 5.57 Å². The second-order valence-corrected chi connectivity index (χ2v) is 12.1. The highest BCUT2D eigenvalue weighted by atomic mass is 32.2. The zero-order chi connectivity index (χ0) is 24.1. The first-order valence-corrected chi connectivity index (χ1v) is 11.5. The quantitative estimate of drug-likeness (QED) is 0.520. The van der Waals surface area contributed by atoms with Gasteiger partial charge in [-0.15, -0.1) is 0 Å². The first-order chi connectivity index (χ1) is 14.6. The van der Waals surface area contributed by atoms with E-state index in [1.807, 2.05) is 20.8 Å². The van der Waals surface area contributed by atoms with Gasteiger partial charge in [0.2, 0.25) is 0 Å². The number of alkyl halides is 3. The Balaban J connectivity index is 2.05.